The molecule has 1 aromatic heterocycles. The number of thioether (sulfide) groups is 1. The van der Waals surface area contributed by atoms with E-state index in [1.54, 1.807) is 0 Å². The molecule has 0 spiro atoms. The number of hydrogen-bond donors (Lipinski definition) is 1. The van der Waals surface area contributed by atoms with Crippen molar-refractivity contribution in [3.05, 3.63) is 24.3 Å². The van der Waals surface area contributed by atoms with Gasteiger partial charge in [0.05, 0.1) is 10.2 Å². The van der Waals surface area contributed by atoms with Crippen molar-refractivity contribution in [2.45, 2.75) is 93.2 Å². The highest BCUT2D eigenvalue weighted by atomic mass is 32.2. The molecule has 0 radical (unpaired) electrons. The largest absolute Gasteiger partial charge is 0.268 e. The zero-order chi connectivity index (χ0) is 20.5. The van der Waals surface area contributed by atoms with Crippen LogP contribution in [0.15, 0.2) is 28.6 Å². The van der Waals surface area contributed by atoms with Gasteiger partial charge < -0.3 is 0 Å². The van der Waals surface area contributed by atoms with Gasteiger partial charge >= 0.3 is 0 Å². The lowest BCUT2D eigenvalue weighted by Crippen LogP contribution is -2.38. The van der Waals surface area contributed by atoms with E-state index < -0.39 is 10.0 Å². The summed E-state index contributed by atoms with van der Waals surface area (Å²) in [5, 5.41) is 0.693. The molecule has 162 valence electrons. The maximum absolute atomic E-state index is 12.7. The van der Waals surface area contributed by atoms with Crippen LogP contribution in [-0.2, 0) is 10.0 Å². The summed E-state index contributed by atoms with van der Waals surface area (Å²) in [6, 6.07) is 7.62. The lowest BCUT2D eigenvalue weighted by molar-refractivity contribution is 0.419. The monoisotopic (exact) mass is 454 g/mol. The summed E-state index contributed by atoms with van der Waals surface area (Å²) in [6.45, 7) is 2.26. The molecular weight excluding hydrogens is 420 g/mol. The number of nitrogens with zero attached hydrogens (tertiary/aromatic N) is 1. The molecule has 1 fully saturated rings. The highest BCUT2D eigenvalue weighted by Gasteiger charge is 2.27. The summed E-state index contributed by atoms with van der Waals surface area (Å²) in [6.07, 6.45) is 13.6. The van der Waals surface area contributed by atoms with Crippen LogP contribution in [0.5, 0.6) is 0 Å². The Labute approximate surface area is 184 Å². The molecule has 1 aromatic carbocycles. The summed E-state index contributed by atoms with van der Waals surface area (Å²) in [5.74, 6) is 1.25. The fraction of sp³-hybridized carbons (Fsp3) is 0.682. The number of rotatable bonds is 12. The van der Waals surface area contributed by atoms with Crippen molar-refractivity contribution < 1.29 is 8.42 Å². The number of hydrogen-bond acceptors (Lipinski definition) is 5. The van der Waals surface area contributed by atoms with Crippen molar-refractivity contribution >= 4 is 43.3 Å². The van der Waals surface area contributed by atoms with Crippen LogP contribution < -0.4 is 4.72 Å². The number of benzene rings is 1. The summed E-state index contributed by atoms with van der Waals surface area (Å²) in [5.41, 5.74) is 0.753. The average molecular weight is 455 g/mol. The van der Waals surface area contributed by atoms with Gasteiger partial charge in [-0.25, -0.2) is 18.1 Å². The normalized spacial score (nSPS) is 20.3. The van der Waals surface area contributed by atoms with E-state index in [2.05, 4.69) is 28.4 Å². The van der Waals surface area contributed by atoms with E-state index in [-0.39, 0.29) is 10.4 Å². The molecular formula is C22H34N2O2S3. The third kappa shape index (κ3) is 7.23. The van der Waals surface area contributed by atoms with E-state index in [0.717, 1.165) is 35.9 Å². The minimum Gasteiger partial charge on any atom is -0.224 e. The molecule has 1 aliphatic rings. The van der Waals surface area contributed by atoms with Crippen LogP contribution in [0.1, 0.15) is 77.6 Å². The summed E-state index contributed by atoms with van der Waals surface area (Å²) in [4.78, 5) is 4.31. The average Bonchev–Trinajstić information content (AvgIpc) is 3.16. The molecule has 0 atom stereocenters. The van der Waals surface area contributed by atoms with Crippen molar-refractivity contribution in [2.75, 3.05) is 5.75 Å². The van der Waals surface area contributed by atoms with Gasteiger partial charge in [-0.2, -0.15) is 11.8 Å². The van der Waals surface area contributed by atoms with Gasteiger partial charge in [0.1, 0.15) is 0 Å². The van der Waals surface area contributed by atoms with Crippen LogP contribution in [0.3, 0.4) is 0 Å². The fourth-order valence-corrected chi connectivity index (χ4v) is 7.75. The van der Waals surface area contributed by atoms with E-state index in [0.29, 0.717) is 5.25 Å². The quantitative estimate of drug-likeness (QED) is 0.379. The Morgan fingerprint density at radius 3 is 2.45 bits per heavy atom. The van der Waals surface area contributed by atoms with Crippen molar-refractivity contribution in [1.82, 2.24) is 9.71 Å². The van der Waals surface area contributed by atoms with Gasteiger partial charge in [0.15, 0.2) is 0 Å². The highest BCUT2D eigenvalue weighted by molar-refractivity contribution is 7.99. The van der Waals surface area contributed by atoms with Crippen molar-refractivity contribution in [2.24, 2.45) is 0 Å². The second-order valence-electron chi connectivity index (χ2n) is 8.03. The molecule has 0 unspecified atom stereocenters. The van der Waals surface area contributed by atoms with Gasteiger partial charge in [-0.05, 0) is 50.0 Å². The molecule has 1 N–H and O–H groups in total. The lowest BCUT2D eigenvalue weighted by atomic mass is 9.96. The number of fused-ring (bicyclic) bond motifs is 1. The smallest absolute Gasteiger partial charge is 0.224 e. The molecule has 0 amide bonds. The van der Waals surface area contributed by atoms with Crippen LogP contribution in [0.4, 0.5) is 0 Å². The predicted octanol–water partition coefficient (Wildman–Crippen LogP) is 6.37. The molecule has 7 heteroatoms. The Balaban J connectivity index is 1.35. The van der Waals surface area contributed by atoms with Crippen molar-refractivity contribution in [3.63, 3.8) is 0 Å². The molecule has 29 heavy (non-hydrogen) atoms. The fourth-order valence-electron chi connectivity index (χ4n) is 3.89. The number of sulfonamides is 1. The van der Waals surface area contributed by atoms with Crippen molar-refractivity contribution in [3.8, 4) is 0 Å². The van der Waals surface area contributed by atoms with E-state index in [1.807, 2.05) is 24.3 Å². The molecule has 1 heterocycles. The summed E-state index contributed by atoms with van der Waals surface area (Å²) in [7, 11) is -3.52. The third-order valence-corrected chi connectivity index (χ3v) is 10.0. The van der Waals surface area contributed by atoms with Gasteiger partial charge in [0.2, 0.25) is 4.34 Å². The molecule has 0 aliphatic heterocycles. The van der Waals surface area contributed by atoms with E-state index >= 15 is 0 Å². The number of aromatic nitrogens is 1. The number of unbranched alkanes of at least 4 members (excludes halogenated alkanes) is 6. The van der Waals surface area contributed by atoms with Gasteiger partial charge in [-0.3, -0.25) is 0 Å². The van der Waals surface area contributed by atoms with Crippen LogP contribution >= 0.6 is 23.1 Å². The maximum Gasteiger partial charge on any atom is 0.268 e. The minimum atomic E-state index is -3.52. The Morgan fingerprint density at radius 2 is 1.72 bits per heavy atom. The zero-order valence-electron chi connectivity index (χ0n) is 17.4. The van der Waals surface area contributed by atoms with Gasteiger partial charge in [-0.15, -0.1) is 11.3 Å². The lowest BCUT2D eigenvalue weighted by Gasteiger charge is -2.28. The van der Waals surface area contributed by atoms with Gasteiger partial charge in [-0.1, -0.05) is 57.6 Å². The van der Waals surface area contributed by atoms with Crippen LogP contribution in [0, 0.1) is 0 Å². The number of thiazole rings is 1. The molecule has 4 nitrogen and oxygen atoms in total. The second kappa shape index (κ2) is 11.7. The van der Waals surface area contributed by atoms with Gasteiger partial charge in [0.25, 0.3) is 10.0 Å². The topological polar surface area (TPSA) is 59.1 Å². The molecule has 0 saturated heterocycles. The SMILES string of the molecule is CCCCCCCCCSC1CCC(NS(=O)(=O)c2nc3ccccc3s2)CC1. The van der Waals surface area contributed by atoms with Crippen LogP contribution in [0.2, 0.25) is 0 Å². The maximum atomic E-state index is 12.7. The van der Waals surface area contributed by atoms with Crippen LogP contribution in [-0.4, -0.2) is 30.4 Å². The molecule has 2 aromatic rings. The summed E-state index contributed by atoms with van der Waals surface area (Å²) >= 11 is 3.35. The van der Waals surface area contributed by atoms with E-state index in [1.165, 1.54) is 62.0 Å². The zero-order valence-corrected chi connectivity index (χ0v) is 19.9. The van der Waals surface area contributed by atoms with Crippen LogP contribution in [0.25, 0.3) is 10.2 Å². The first-order valence-corrected chi connectivity index (χ1v) is 14.4. The molecule has 1 aliphatic carbocycles. The first-order chi connectivity index (χ1) is 14.1. The first-order valence-electron chi connectivity index (χ1n) is 11.1. The Morgan fingerprint density at radius 1 is 1.03 bits per heavy atom. The molecule has 1 saturated carbocycles. The van der Waals surface area contributed by atoms with E-state index in [9.17, 15) is 8.42 Å². The van der Waals surface area contributed by atoms with E-state index in [4.69, 9.17) is 0 Å². The molecule has 0 bridgehead atoms. The first kappa shape index (κ1) is 23.0. The van der Waals surface area contributed by atoms with Crippen molar-refractivity contribution in [1.29, 1.82) is 0 Å². The highest BCUT2D eigenvalue weighted by Crippen LogP contribution is 2.31. The predicted molar refractivity (Wildman–Crippen MR) is 126 cm³/mol. The Bertz CT molecular complexity index is 810. The summed E-state index contributed by atoms with van der Waals surface area (Å²) < 4.78 is 29.5. The Hall–Kier alpha value is -0.630. The standard InChI is InChI=1S/C22H34N2O2S3/c1-2-3-4-5-6-7-10-17-27-19-15-13-18(14-16-19)24-29(25,26)22-23-20-11-8-9-12-21(20)28-22/h8-9,11-12,18-19,24H,2-7,10,13-17H2,1H3. The minimum absolute atomic E-state index is 0.0439. The third-order valence-electron chi connectivity index (χ3n) is 5.60. The second-order valence-corrected chi connectivity index (χ2v) is 12.4. The molecule has 3 rings (SSSR count). The number of para-hydroxylation sites is 1. The van der Waals surface area contributed by atoms with Gasteiger partial charge in [0, 0.05) is 11.3 Å². The number of nitrogens with one attached hydrogen (secondary N) is 1. The Kier molecular flexibility index (Phi) is 9.28.